The summed E-state index contributed by atoms with van der Waals surface area (Å²) in [7, 11) is 1.93. The summed E-state index contributed by atoms with van der Waals surface area (Å²) < 4.78 is 10.9. The summed E-state index contributed by atoms with van der Waals surface area (Å²) in [4.78, 5) is 10.5. The number of rotatable bonds is 6. The molecule has 0 saturated heterocycles. The predicted octanol–water partition coefficient (Wildman–Crippen LogP) is 3.20. The van der Waals surface area contributed by atoms with Crippen LogP contribution in [0.2, 0.25) is 5.15 Å². The number of halogens is 1. The molecular weight excluding hydrogens is 278 g/mol. The van der Waals surface area contributed by atoms with E-state index in [9.17, 15) is 0 Å². The molecule has 2 rings (SSSR count). The van der Waals surface area contributed by atoms with Gasteiger partial charge in [0, 0.05) is 19.7 Å². The standard InChI is InChI=1S/C14H18ClN3O2/c1-4-19-9-13-16-12(15)7-14(17-13)18(3)8-11-6-5-10(2)20-11/h5-7H,4,8-9H2,1-3H3. The Kier molecular flexibility index (Phi) is 4.98. The Morgan fingerprint density at radius 1 is 1.35 bits per heavy atom. The molecule has 5 nitrogen and oxygen atoms in total. The van der Waals surface area contributed by atoms with E-state index in [1.54, 1.807) is 6.07 Å². The minimum atomic E-state index is 0.359. The van der Waals surface area contributed by atoms with Gasteiger partial charge in [0.1, 0.15) is 29.1 Å². The van der Waals surface area contributed by atoms with Gasteiger partial charge in [0.25, 0.3) is 0 Å². The Bertz CT molecular complexity index is 571. The van der Waals surface area contributed by atoms with E-state index < -0.39 is 0 Å². The van der Waals surface area contributed by atoms with E-state index in [4.69, 9.17) is 20.8 Å². The Morgan fingerprint density at radius 2 is 2.15 bits per heavy atom. The second-order valence-corrected chi connectivity index (χ2v) is 4.86. The number of nitrogens with zero attached hydrogens (tertiary/aromatic N) is 3. The van der Waals surface area contributed by atoms with Crippen LogP contribution in [-0.2, 0) is 17.9 Å². The third-order valence-corrected chi connectivity index (χ3v) is 2.94. The zero-order chi connectivity index (χ0) is 14.5. The molecule has 6 heteroatoms. The molecule has 2 aromatic rings. The molecule has 0 aliphatic rings. The molecule has 0 spiro atoms. The highest BCUT2D eigenvalue weighted by Gasteiger charge is 2.10. The zero-order valence-corrected chi connectivity index (χ0v) is 12.6. The van der Waals surface area contributed by atoms with Gasteiger partial charge < -0.3 is 14.1 Å². The van der Waals surface area contributed by atoms with Crippen LogP contribution >= 0.6 is 11.6 Å². The number of hydrogen-bond donors (Lipinski definition) is 0. The van der Waals surface area contributed by atoms with Crippen molar-refractivity contribution in [1.82, 2.24) is 9.97 Å². The molecule has 2 heterocycles. The monoisotopic (exact) mass is 295 g/mol. The van der Waals surface area contributed by atoms with Crippen molar-refractivity contribution in [2.75, 3.05) is 18.6 Å². The van der Waals surface area contributed by atoms with E-state index >= 15 is 0 Å². The van der Waals surface area contributed by atoms with E-state index in [1.165, 1.54) is 0 Å². The smallest absolute Gasteiger partial charge is 0.158 e. The topological polar surface area (TPSA) is 51.4 Å². The fraction of sp³-hybridized carbons (Fsp3) is 0.429. The maximum absolute atomic E-state index is 6.02. The number of ether oxygens (including phenoxy) is 1. The summed E-state index contributed by atoms with van der Waals surface area (Å²) in [6, 6.07) is 5.62. The molecule has 0 bridgehead atoms. The first-order chi connectivity index (χ1) is 9.58. The van der Waals surface area contributed by atoms with Crippen LogP contribution in [0.3, 0.4) is 0 Å². The zero-order valence-electron chi connectivity index (χ0n) is 11.9. The Balaban J connectivity index is 2.12. The average molecular weight is 296 g/mol. The molecule has 0 aromatic carbocycles. The van der Waals surface area contributed by atoms with Gasteiger partial charge in [-0.3, -0.25) is 0 Å². The van der Waals surface area contributed by atoms with Crippen LogP contribution in [0.1, 0.15) is 24.3 Å². The molecule has 0 N–H and O–H groups in total. The fourth-order valence-electron chi connectivity index (χ4n) is 1.79. The lowest BCUT2D eigenvalue weighted by molar-refractivity contribution is 0.128. The van der Waals surface area contributed by atoms with Gasteiger partial charge in [-0.1, -0.05) is 11.6 Å². The number of anilines is 1. The van der Waals surface area contributed by atoms with Gasteiger partial charge in [0.2, 0.25) is 0 Å². The summed E-state index contributed by atoms with van der Waals surface area (Å²) in [5.41, 5.74) is 0. The summed E-state index contributed by atoms with van der Waals surface area (Å²) in [6.07, 6.45) is 0. The van der Waals surface area contributed by atoms with Gasteiger partial charge in [0.05, 0.1) is 6.54 Å². The summed E-state index contributed by atoms with van der Waals surface area (Å²) >= 11 is 6.02. The third kappa shape index (κ3) is 3.95. The number of hydrogen-bond acceptors (Lipinski definition) is 5. The third-order valence-electron chi connectivity index (χ3n) is 2.74. The molecule has 0 saturated carbocycles. The minimum Gasteiger partial charge on any atom is -0.464 e. The highest BCUT2D eigenvalue weighted by atomic mass is 35.5. The molecule has 0 atom stereocenters. The quantitative estimate of drug-likeness (QED) is 0.766. The molecule has 20 heavy (non-hydrogen) atoms. The first-order valence-electron chi connectivity index (χ1n) is 6.46. The van der Waals surface area contributed by atoms with E-state index in [2.05, 4.69) is 9.97 Å². The van der Waals surface area contributed by atoms with Crippen LogP contribution in [0, 0.1) is 6.92 Å². The lowest BCUT2D eigenvalue weighted by atomic mass is 10.4. The van der Waals surface area contributed by atoms with Crippen molar-refractivity contribution in [2.45, 2.75) is 27.0 Å². The van der Waals surface area contributed by atoms with Crippen LogP contribution < -0.4 is 4.90 Å². The molecule has 0 amide bonds. The van der Waals surface area contributed by atoms with Gasteiger partial charge in [-0.05, 0) is 26.0 Å². The lowest BCUT2D eigenvalue weighted by Crippen LogP contribution is -2.18. The molecule has 108 valence electrons. The van der Waals surface area contributed by atoms with Crippen molar-refractivity contribution in [3.8, 4) is 0 Å². The maximum atomic E-state index is 6.02. The van der Waals surface area contributed by atoms with Crippen LogP contribution in [0.25, 0.3) is 0 Å². The summed E-state index contributed by atoms with van der Waals surface area (Å²) in [6.45, 7) is 5.45. The van der Waals surface area contributed by atoms with E-state index in [0.717, 1.165) is 17.3 Å². The molecule has 2 aromatic heterocycles. The van der Waals surface area contributed by atoms with Crippen LogP contribution in [0.15, 0.2) is 22.6 Å². The largest absolute Gasteiger partial charge is 0.464 e. The Hall–Kier alpha value is -1.59. The van der Waals surface area contributed by atoms with E-state index in [-0.39, 0.29) is 0 Å². The maximum Gasteiger partial charge on any atom is 0.158 e. The second kappa shape index (κ2) is 6.72. The number of aromatic nitrogens is 2. The highest BCUT2D eigenvalue weighted by molar-refractivity contribution is 6.29. The average Bonchev–Trinajstić information content (AvgIpc) is 2.81. The first-order valence-corrected chi connectivity index (χ1v) is 6.84. The van der Waals surface area contributed by atoms with Crippen molar-refractivity contribution in [2.24, 2.45) is 0 Å². The Morgan fingerprint density at radius 3 is 2.80 bits per heavy atom. The SMILES string of the molecule is CCOCc1nc(Cl)cc(N(C)Cc2ccc(C)o2)n1. The fourth-order valence-corrected chi connectivity index (χ4v) is 1.99. The molecule has 0 aliphatic carbocycles. The normalized spacial score (nSPS) is 10.8. The van der Waals surface area contributed by atoms with Crippen molar-refractivity contribution in [3.63, 3.8) is 0 Å². The lowest BCUT2D eigenvalue weighted by Gasteiger charge is -2.17. The van der Waals surface area contributed by atoms with Crippen LogP contribution in [0.4, 0.5) is 5.82 Å². The van der Waals surface area contributed by atoms with Crippen molar-refractivity contribution >= 4 is 17.4 Å². The Labute approximate surface area is 123 Å². The van der Waals surface area contributed by atoms with Crippen molar-refractivity contribution < 1.29 is 9.15 Å². The molecule has 0 unspecified atom stereocenters. The van der Waals surface area contributed by atoms with Crippen LogP contribution in [-0.4, -0.2) is 23.6 Å². The van der Waals surface area contributed by atoms with Crippen LogP contribution in [0.5, 0.6) is 0 Å². The first kappa shape index (κ1) is 14.8. The highest BCUT2D eigenvalue weighted by Crippen LogP contribution is 2.18. The number of aryl methyl sites for hydroxylation is 1. The van der Waals surface area contributed by atoms with Crippen molar-refractivity contribution in [1.29, 1.82) is 0 Å². The molecule has 0 aliphatic heterocycles. The van der Waals surface area contributed by atoms with E-state index in [0.29, 0.717) is 30.7 Å². The number of furan rings is 1. The molecule has 0 radical (unpaired) electrons. The predicted molar refractivity (Wildman–Crippen MR) is 77.9 cm³/mol. The van der Waals surface area contributed by atoms with Gasteiger partial charge in [-0.25, -0.2) is 9.97 Å². The summed E-state index contributed by atoms with van der Waals surface area (Å²) in [5, 5.41) is 0.409. The van der Waals surface area contributed by atoms with Gasteiger partial charge >= 0.3 is 0 Å². The minimum absolute atomic E-state index is 0.359. The summed E-state index contributed by atoms with van der Waals surface area (Å²) in [5.74, 6) is 3.10. The van der Waals surface area contributed by atoms with E-state index in [1.807, 2.05) is 37.9 Å². The molecular formula is C14H18ClN3O2. The van der Waals surface area contributed by atoms with Gasteiger partial charge in [0.15, 0.2) is 5.82 Å². The second-order valence-electron chi connectivity index (χ2n) is 4.47. The van der Waals surface area contributed by atoms with Gasteiger partial charge in [-0.15, -0.1) is 0 Å². The van der Waals surface area contributed by atoms with Crippen molar-refractivity contribution in [3.05, 3.63) is 40.7 Å². The molecule has 0 fully saturated rings. The van der Waals surface area contributed by atoms with Gasteiger partial charge in [-0.2, -0.15) is 0 Å².